The first kappa shape index (κ1) is 12.9. The Bertz CT molecular complexity index is 362. The zero-order chi connectivity index (χ0) is 12.1. The SMILES string of the molecule is CCCCCCC1CCc2cc(Br)ccc2O1. The molecule has 0 N–H and O–H groups in total. The number of hydrogen-bond acceptors (Lipinski definition) is 1. The highest BCUT2D eigenvalue weighted by Gasteiger charge is 2.19. The maximum absolute atomic E-state index is 6.05. The van der Waals surface area contributed by atoms with Crippen molar-refractivity contribution >= 4 is 15.9 Å². The average molecular weight is 297 g/mol. The van der Waals surface area contributed by atoms with Crippen molar-refractivity contribution < 1.29 is 4.74 Å². The van der Waals surface area contributed by atoms with E-state index in [-0.39, 0.29) is 0 Å². The van der Waals surface area contributed by atoms with Gasteiger partial charge in [-0.3, -0.25) is 0 Å². The van der Waals surface area contributed by atoms with E-state index in [0.717, 1.165) is 16.6 Å². The molecular weight excluding hydrogens is 276 g/mol. The van der Waals surface area contributed by atoms with Crippen LogP contribution in [0.1, 0.15) is 51.0 Å². The molecule has 1 atom stereocenters. The normalized spacial score (nSPS) is 18.6. The fraction of sp³-hybridized carbons (Fsp3) is 0.600. The minimum absolute atomic E-state index is 0.445. The van der Waals surface area contributed by atoms with Gasteiger partial charge in [-0.1, -0.05) is 42.1 Å². The molecule has 0 aliphatic carbocycles. The van der Waals surface area contributed by atoms with E-state index in [1.165, 1.54) is 44.1 Å². The summed E-state index contributed by atoms with van der Waals surface area (Å²) in [7, 11) is 0. The molecule has 1 heterocycles. The molecule has 0 saturated carbocycles. The molecule has 1 aliphatic rings. The molecule has 94 valence electrons. The largest absolute Gasteiger partial charge is 0.490 e. The summed E-state index contributed by atoms with van der Waals surface area (Å²) in [5.41, 5.74) is 1.35. The molecule has 1 nitrogen and oxygen atoms in total. The molecule has 0 saturated heterocycles. The standard InChI is InChI=1S/C15H21BrO/c1-2-3-4-5-6-14-9-7-12-11-13(16)8-10-15(12)17-14/h8,10-11,14H,2-7,9H2,1H3. The zero-order valence-electron chi connectivity index (χ0n) is 10.5. The topological polar surface area (TPSA) is 9.23 Å². The Morgan fingerprint density at radius 2 is 2.18 bits per heavy atom. The van der Waals surface area contributed by atoms with E-state index in [1.807, 2.05) is 0 Å². The Hall–Kier alpha value is -0.500. The van der Waals surface area contributed by atoms with Crippen LogP contribution in [-0.4, -0.2) is 6.10 Å². The van der Waals surface area contributed by atoms with Gasteiger partial charge in [0.1, 0.15) is 5.75 Å². The molecule has 0 fully saturated rings. The first-order valence-corrected chi connectivity index (χ1v) is 7.54. The highest BCUT2D eigenvalue weighted by atomic mass is 79.9. The fourth-order valence-electron chi connectivity index (χ4n) is 2.42. The smallest absolute Gasteiger partial charge is 0.122 e. The van der Waals surface area contributed by atoms with Gasteiger partial charge in [-0.25, -0.2) is 0 Å². The molecule has 1 aromatic rings. The van der Waals surface area contributed by atoms with Crippen LogP contribution in [0, 0.1) is 0 Å². The first-order valence-electron chi connectivity index (χ1n) is 6.74. The molecule has 2 heteroatoms. The number of unbranched alkanes of at least 4 members (excludes halogenated alkanes) is 3. The Morgan fingerprint density at radius 1 is 1.29 bits per heavy atom. The van der Waals surface area contributed by atoms with Gasteiger partial charge in [0, 0.05) is 4.47 Å². The summed E-state index contributed by atoms with van der Waals surface area (Å²) >= 11 is 3.51. The van der Waals surface area contributed by atoms with Crippen molar-refractivity contribution in [3.05, 3.63) is 28.2 Å². The lowest BCUT2D eigenvalue weighted by Gasteiger charge is -2.26. The van der Waals surface area contributed by atoms with Gasteiger partial charge in [-0.15, -0.1) is 0 Å². The van der Waals surface area contributed by atoms with Crippen molar-refractivity contribution in [2.45, 2.75) is 58.0 Å². The molecule has 1 aliphatic heterocycles. The monoisotopic (exact) mass is 296 g/mol. The van der Waals surface area contributed by atoms with Crippen molar-refractivity contribution in [2.24, 2.45) is 0 Å². The van der Waals surface area contributed by atoms with Crippen LogP contribution in [-0.2, 0) is 6.42 Å². The van der Waals surface area contributed by atoms with Gasteiger partial charge in [0.2, 0.25) is 0 Å². The van der Waals surface area contributed by atoms with Crippen LogP contribution in [0.25, 0.3) is 0 Å². The Labute approximate surface area is 113 Å². The summed E-state index contributed by atoms with van der Waals surface area (Å²) in [5, 5.41) is 0. The maximum Gasteiger partial charge on any atom is 0.122 e. The number of benzene rings is 1. The maximum atomic E-state index is 6.05. The van der Waals surface area contributed by atoms with Gasteiger partial charge in [0.25, 0.3) is 0 Å². The van der Waals surface area contributed by atoms with E-state index in [0.29, 0.717) is 6.10 Å². The van der Waals surface area contributed by atoms with E-state index in [4.69, 9.17) is 4.74 Å². The van der Waals surface area contributed by atoms with Gasteiger partial charge in [-0.05, 0) is 49.4 Å². The second-order valence-corrected chi connectivity index (χ2v) is 5.80. The van der Waals surface area contributed by atoms with Crippen LogP contribution < -0.4 is 4.74 Å². The summed E-state index contributed by atoms with van der Waals surface area (Å²) < 4.78 is 7.20. The van der Waals surface area contributed by atoms with Crippen molar-refractivity contribution in [2.75, 3.05) is 0 Å². The van der Waals surface area contributed by atoms with Gasteiger partial charge < -0.3 is 4.74 Å². The number of ether oxygens (including phenoxy) is 1. The minimum atomic E-state index is 0.445. The van der Waals surface area contributed by atoms with Crippen molar-refractivity contribution in [3.8, 4) is 5.75 Å². The quantitative estimate of drug-likeness (QED) is 0.686. The van der Waals surface area contributed by atoms with Crippen LogP contribution in [0.4, 0.5) is 0 Å². The predicted octanol–water partition coefficient (Wildman–Crippen LogP) is 5.11. The predicted molar refractivity (Wildman–Crippen MR) is 75.6 cm³/mol. The molecule has 0 aromatic heterocycles. The van der Waals surface area contributed by atoms with Crippen LogP contribution in [0.3, 0.4) is 0 Å². The summed E-state index contributed by atoms with van der Waals surface area (Å²) in [5.74, 6) is 1.10. The molecule has 1 aromatic carbocycles. The third kappa shape index (κ3) is 3.74. The highest BCUT2D eigenvalue weighted by molar-refractivity contribution is 9.10. The van der Waals surface area contributed by atoms with E-state index in [1.54, 1.807) is 0 Å². The summed E-state index contributed by atoms with van der Waals surface area (Å²) in [4.78, 5) is 0. The number of aryl methyl sites for hydroxylation is 1. The van der Waals surface area contributed by atoms with Gasteiger partial charge in [0.15, 0.2) is 0 Å². The highest BCUT2D eigenvalue weighted by Crippen LogP contribution is 2.31. The molecule has 0 spiro atoms. The van der Waals surface area contributed by atoms with Gasteiger partial charge >= 0.3 is 0 Å². The summed E-state index contributed by atoms with van der Waals surface area (Å²) in [6.07, 6.45) is 9.32. The third-order valence-electron chi connectivity index (χ3n) is 3.43. The van der Waals surface area contributed by atoms with Gasteiger partial charge in [0.05, 0.1) is 6.10 Å². The first-order chi connectivity index (χ1) is 8.29. The zero-order valence-corrected chi connectivity index (χ0v) is 12.1. The van der Waals surface area contributed by atoms with Crippen molar-refractivity contribution in [3.63, 3.8) is 0 Å². The van der Waals surface area contributed by atoms with Crippen LogP contribution in [0.2, 0.25) is 0 Å². The molecular formula is C15H21BrO. The van der Waals surface area contributed by atoms with E-state index in [2.05, 4.69) is 41.1 Å². The summed E-state index contributed by atoms with van der Waals surface area (Å²) in [6.45, 7) is 2.26. The Morgan fingerprint density at radius 3 is 3.00 bits per heavy atom. The number of hydrogen-bond donors (Lipinski definition) is 0. The number of fused-ring (bicyclic) bond motifs is 1. The minimum Gasteiger partial charge on any atom is -0.490 e. The molecule has 2 rings (SSSR count). The van der Waals surface area contributed by atoms with Crippen LogP contribution in [0.5, 0.6) is 5.75 Å². The fourth-order valence-corrected chi connectivity index (χ4v) is 2.82. The van der Waals surface area contributed by atoms with E-state index >= 15 is 0 Å². The molecule has 0 amide bonds. The average Bonchev–Trinajstić information content (AvgIpc) is 2.35. The Balaban J connectivity index is 1.84. The van der Waals surface area contributed by atoms with E-state index in [9.17, 15) is 0 Å². The number of halogens is 1. The third-order valence-corrected chi connectivity index (χ3v) is 3.92. The van der Waals surface area contributed by atoms with Crippen molar-refractivity contribution in [1.82, 2.24) is 0 Å². The van der Waals surface area contributed by atoms with Gasteiger partial charge in [-0.2, -0.15) is 0 Å². The molecule has 0 bridgehead atoms. The lowest BCUT2D eigenvalue weighted by molar-refractivity contribution is 0.160. The summed E-state index contributed by atoms with van der Waals surface area (Å²) in [6, 6.07) is 6.35. The van der Waals surface area contributed by atoms with Crippen molar-refractivity contribution in [1.29, 1.82) is 0 Å². The van der Waals surface area contributed by atoms with E-state index < -0.39 is 0 Å². The van der Waals surface area contributed by atoms with Crippen LogP contribution >= 0.6 is 15.9 Å². The Kier molecular flexibility index (Phi) is 4.90. The molecule has 17 heavy (non-hydrogen) atoms. The molecule has 0 radical (unpaired) electrons. The lowest BCUT2D eigenvalue weighted by Crippen LogP contribution is -2.22. The number of rotatable bonds is 5. The second-order valence-electron chi connectivity index (χ2n) is 4.88. The molecule has 1 unspecified atom stereocenters. The lowest BCUT2D eigenvalue weighted by atomic mass is 9.98. The van der Waals surface area contributed by atoms with Crippen LogP contribution in [0.15, 0.2) is 22.7 Å². The second kappa shape index (κ2) is 6.44.